The summed E-state index contributed by atoms with van der Waals surface area (Å²) >= 11 is 2.71. The molecule has 296 valence electrons. The van der Waals surface area contributed by atoms with E-state index in [0.717, 1.165) is 79.3 Å². The summed E-state index contributed by atoms with van der Waals surface area (Å²) in [5, 5.41) is 52.6. The van der Waals surface area contributed by atoms with Gasteiger partial charge >= 0.3 is 5.97 Å². The van der Waals surface area contributed by atoms with Crippen molar-refractivity contribution in [3.63, 3.8) is 0 Å². The van der Waals surface area contributed by atoms with Gasteiger partial charge in [-0.25, -0.2) is 9.48 Å². The molecule has 55 heavy (non-hydrogen) atoms. The minimum atomic E-state index is -1.78. The smallest absolute Gasteiger partial charge is 0.349 e. The highest BCUT2D eigenvalue weighted by molar-refractivity contribution is 7.12. The number of aromatic nitrogens is 3. The lowest BCUT2D eigenvalue weighted by molar-refractivity contribution is -0.169. The summed E-state index contributed by atoms with van der Waals surface area (Å²) < 4.78 is 13.9. The number of hydrogen-bond acceptors (Lipinski definition) is 13. The van der Waals surface area contributed by atoms with Crippen LogP contribution in [0, 0.1) is 11.8 Å². The zero-order valence-electron chi connectivity index (χ0n) is 31.3. The van der Waals surface area contributed by atoms with E-state index in [1.165, 1.54) is 22.7 Å². The van der Waals surface area contributed by atoms with Crippen LogP contribution in [0.25, 0.3) is 11.0 Å². The highest BCUT2D eigenvalue weighted by Gasteiger charge is 2.46. The molecular formula is C40H52N6O7S2. The van der Waals surface area contributed by atoms with E-state index < -0.39 is 23.8 Å². The van der Waals surface area contributed by atoms with Crippen molar-refractivity contribution in [3.05, 3.63) is 67.5 Å². The van der Waals surface area contributed by atoms with E-state index >= 15 is 0 Å². The van der Waals surface area contributed by atoms with Gasteiger partial charge in [0.2, 0.25) is 11.5 Å². The molecule has 2 saturated carbocycles. The minimum absolute atomic E-state index is 0.0170. The van der Waals surface area contributed by atoms with E-state index in [0.29, 0.717) is 61.4 Å². The summed E-state index contributed by atoms with van der Waals surface area (Å²) in [6.07, 6.45) is 5.36. The molecule has 2 aliphatic carbocycles. The number of aliphatic hydroxyl groups excluding tert-OH is 2. The second-order valence-corrected chi connectivity index (χ2v) is 17.7. The normalized spacial score (nSPS) is 26.2. The number of aliphatic hydroxyl groups is 3. The van der Waals surface area contributed by atoms with Gasteiger partial charge in [-0.1, -0.05) is 17.3 Å². The number of carbonyl (C=O) groups excluding carboxylic acids is 2. The van der Waals surface area contributed by atoms with Gasteiger partial charge in [0.1, 0.15) is 11.6 Å². The molecule has 4 aromatic rings. The summed E-state index contributed by atoms with van der Waals surface area (Å²) in [5.74, 6) is -0.508. The van der Waals surface area contributed by atoms with Gasteiger partial charge in [0.05, 0.1) is 46.7 Å². The van der Waals surface area contributed by atoms with Crippen molar-refractivity contribution in [1.29, 1.82) is 0 Å². The number of thiophene rings is 2. The van der Waals surface area contributed by atoms with E-state index in [9.17, 15) is 24.9 Å². The van der Waals surface area contributed by atoms with Crippen molar-refractivity contribution in [2.45, 2.75) is 120 Å². The number of hydrogen-bond donors (Lipinski definition) is 5. The Hall–Kier alpha value is -3.28. The fourth-order valence-corrected chi connectivity index (χ4v) is 11.2. The van der Waals surface area contributed by atoms with Crippen LogP contribution in [0.3, 0.4) is 0 Å². The van der Waals surface area contributed by atoms with Crippen molar-refractivity contribution < 1.29 is 34.4 Å². The number of rotatable bonds is 14. The Kier molecular flexibility index (Phi) is 11.7. The van der Waals surface area contributed by atoms with Crippen molar-refractivity contribution in [2.75, 3.05) is 20.1 Å². The Morgan fingerprint density at radius 1 is 1.11 bits per heavy atom. The third-order valence-electron chi connectivity index (χ3n) is 12.5. The molecule has 0 spiro atoms. The second-order valence-electron chi connectivity index (χ2n) is 15.8. The second kappa shape index (κ2) is 16.7. The lowest BCUT2D eigenvalue weighted by Gasteiger charge is -2.45. The number of benzene rings is 1. The van der Waals surface area contributed by atoms with Gasteiger partial charge in [-0.15, -0.1) is 27.8 Å². The van der Waals surface area contributed by atoms with Gasteiger partial charge in [0.25, 0.3) is 0 Å². The van der Waals surface area contributed by atoms with E-state index in [1.54, 1.807) is 12.1 Å². The molecule has 3 aromatic heterocycles. The lowest BCUT2D eigenvalue weighted by atomic mass is 9.68. The first-order valence-corrected chi connectivity index (χ1v) is 21.5. The third kappa shape index (κ3) is 7.87. The first-order valence-electron chi connectivity index (χ1n) is 19.7. The summed E-state index contributed by atoms with van der Waals surface area (Å²) in [4.78, 5) is 29.0. The zero-order valence-corrected chi connectivity index (χ0v) is 32.9. The Labute approximate surface area is 329 Å². The van der Waals surface area contributed by atoms with E-state index in [4.69, 9.17) is 9.47 Å². The molecule has 5 atom stereocenters. The molecule has 4 unspecified atom stereocenters. The first-order chi connectivity index (χ1) is 26.7. The maximum Gasteiger partial charge on any atom is 0.349 e. The molecule has 2 aliphatic heterocycles. The summed E-state index contributed by atoms with van der Waals surface area (Å²) in [6.45, 7) is 3.66. The molecule has 4 aliphatic rings. The molecule has 1 saturated heterocycles. The van der Waals surface area contributed by atoms with Crippen LogP contribution in [0.1, 0.15) is 84.2 Å². The summed E-state index contributed by atoms with van der Waals surface area (Å²) in [5.41, 5.74) is 3.48. The van der Waals surface area contributed by atoms with Crippen LogP contribution < -0.4 is 10.6 Å². The number of amides is 1. The van der Waals surface area contributed by atoms with Crippen molar-refractivity contribution in [2.24, 2.45) is 11.8 Å². The lowest BCUT2D eigenvalue weighted by Crippen LogP contribution is -2.58. The van der Waals surface area contributed by atoms with Crippen LogP contribution in [0.4, 0.5) is 0 Å². The number of carbonyl (C=O) groups is 2. The van der Waals surface area contributed by atoms with Gasteiger partial charge in [0.15, 0.2) is 0 Å². The number of nitrogens with zero attached hydrogens (tertiary/aromatic N) is 4. The fourth-order valence-electron chi connectivity index (χ4n) is 9.46. The Bertz CT molecular complexity index is 1890. The van der Waals surface area contributed by atoms with E-state index in [1.807, 2.05) is 27.6 Å². The first kappa shape index (κ1) is 38.6. The Balaban J connectivity index is 0.820. The molecule has 5 N–H and O–H groups in total. The highest BCUT2D eigenvalue weighted by Crippen LogP contribution is 2.40. The topological polar surface area (TPSA) is 171 Å². The van der Waals surface area contributed by atoms with E-state index in [-0.39, 0.29) is 29.9 Å². The average molecular weight is 793 g/mol. The van der Waals surface area contributed by atoms with Crippen LogP contribution in [0.2, 0.25) is 0 Å². The predicted molar refractivity (Wildman–Crippen MR) is 208 cm³/mol. The van der Waals surface area contributed by atoms with Crippen molar-refractivity contribution in [1.82, 2.24) is 30.5 Å². The summed E-state index contributed by atoms with van der Waals surface area (Å²) in [7, 11) is 2.16. The molecule has 13 nitrogen and oxygen atoms in total. The quantitative estimate of drug-likeness (QED) is 0.118. The monoisotopic (exact) mass is 792 g/mol. The number of nitrogens with one attached hydrogen (secondary N) is 2. The van der Waals surface area contributed by atoms with Gasteiger partial charge in [-0.2, -0.15) is 0 Å². The van der Waals surface area contributed by atoms with Crippen LogP contribution in [-0.2, 0) is 51.0 Å². The number of fused-ring (bicyclic) bond motifs is 4. The van der Waals surface area contributed by atoms with Gasteiger partial charge in [-0.3, -0.25) is 4.79 Å². The van der Waals surface area contributed by atoms with Crippen LogP contribution in [0.5, 0.6) is 0 Å². The molecule has 0 bridgehead atoms. The number of ether oxygens (including phenoxy) is 2. The van der Waals surface area contributed by atoms with Gasteiger partial charge in [0, 0.05) is 37.7 Å². The van der Waals surface area contributed by atoms with Crippen LogP contribution in [0.15, 0.2) is 41.1 Å². The van der Waals surface area contributed by atoms with Gasteiger partial charge in [-0.05, 0) is 117 Å². The molecule has 15 heteroatoms. The average Bonchev–Trinajstić information content (AvgIpc) is 4.03. The molecule has 3 fully saturated rings. The molecule has 5 heterocycles. The zero-order chi connectivity index (χ0) is 38.1. The number of piperidine rings is 1. The molecule has 1 aromatic carbocycles. The molecule has 0 radical (unpaired) electrons. The maximum absolute atomic E-state index is 13.4. The minimum Gasteiger partial charge on any atom is -0.460 e. The predicted octanol–water partition coefficient (Wildman–Crippen LogP) is 3.81. The third-order valence-corrected chi connectivity index (χ3v) is 14.4. The molecular weight excluding hydrogens is 741 g/mol. The van der Waals surface area contributed by atoms with Crippen molar-refractivity contribution >= 4 is 45.6 Å². The number of aryl methyl sites for hydroxylation is 1. The number of esters is 1. The van der Waals surface area contributed by atoms with E-state index in [2.05, 4.69) is 39.0 Å². The Morgan fingerprint density at radius 3 is 2.58 bits per heavy atom. The van der Waals surface area contributed by atoms with Crippen LogP contribution in [-0.4, -0.2) is 97.6 Å². The standard InChI is InChI=1S/C40H52N6O7S2/c1-45(25-7-9-26(10-8-25)53-39(50)40(51,34-5-2-17-54-34)35-6-3-18-55-35)15-4-16-46-38-30-23-52-22-29(30)24(19-31(38)43-44-46)20-41-21-33(48)27-11-13-32(47)37-28(27)12-14-36(49)42-37/h2-3,5-6,17-19,25-28,32-33,37,41,47-48,51H,4,7-16,20-23H2,1H3,(H,42,49)/t25?,26?,27?,28?,32?,33-,37?/m0/s1. The fraction of sp³-hybridized carbons (Fsp3) is 0.600. The SMILES string of the molecule is CN(CCCn1nnc2cc(CNC[C@H](O)C3CCC(O)C4NC(=O)CCC43)c3c(c21)COC3)C1CCC(OC(=O)C(O)(c2cccs2)c2cccs2)CC1. The largest absolute Gasteiger partial charge is 0.460 e. The molecule has 8 rings (SSSR count). The highest BCUT2D eigenvalue weighted by atomic mass is 32.1. The van der Waals surface area contributed by atoms with Crippen LogP contribution >= 0.6 is 22.7 Å². The Morgan fingerprint density at radius 2 is 1.85 bits per heavy atom. The maximum atomic E-state index is 13.4. The molecule has 1 amide bonds. The van der Waals surface area contributed by atoms with Crippen molar-refractivity contribution in [3.8, 4) is 0 Å². The van der Waals surface area contributed by atoms with Gasteiger partial charge < -0.3 is 40.3 Å². The summed E-state index contributed by atoms with van der Waals surface area (Å²) in [6, 6.07) is 9.45.